The third kappa shape index (κ3) is 12.0. The Hall–Kier alpha value is -0.430. The second kappa shape index (κ2) is 14.9. The van der Waals surface area contributed by atoms with E-state index in [1.807, 2.05) is 0 Å². The van der Waals surface area contributed by atoms with E-state index in [2.05, 4.69) is 20.8 Å². The van der Waals surface area contributed by atoms with Crippen LogP contribution in [0.4, 0.5) is 0 Å². The van der Waals surface area contributed by atoms with Crippen molar-refractivity contribution in [2.75, 3.05) is 31.3 Å². The topological polar surface area (TPSA) is 43.4 Å². The van der Waals surface area contributed by atoms with Gasteiger partial charge in [-0.05, 0) is 0 Å². The van der Waals surface area contributed by atoms with Gasteiger partial charge in [-0.25, -0.2) is 0 Å². The molecular formula is C20H41O3P. The first-order chi connectivity index (χ1) is 11.5. The molecule has 144 valence electrons. The zero-order valence-electron chi connectivity index (χ0n) is 16.6. The summed E-state index contributed by atoms with van der Waals surface area (Å²) in [6, 6.07) is 0. The number of rotatable bonds is 16. The molecule has 0 aromatic carbocycles. The molecule has 0 saturated carbocycles. The maximum atomic E-state index is 11.6. The zero-order chi connectivity index (χ0) is 18.3. The van der Waals surface area contributed by atoms with E-state index < -0.39 is 7.26 Å². The summed E-state index contributed by atoms with van der Waals surface area (Å²) in [4.78, 5) is 22.5. The molecule has 0 N–H and O–H groups in total. The van der Waals surface area contributed by atoms with Crippen molar-refractivity contribution in [3.05, 3.63) is 0 Å². The van der Waals surface area contributed by atoms with Gasteiger partial charge in [0, 0.05) is 0 Å². The van der Waals surface area contributed by atoms with Gasteiger partial charge in [0.05, 0.1) is 0 Å². The quantitative estimate of drug-likeness (QED) is 0.209. The summed E-state index contributed by atoms with van der Waals surface area (Å²) in [6.45, 7) is 8.92. The van der Waals surface area contributed by atoms with Crippen LogP contribution in [0.1, 0.15) is 85.5 Å². The van der Waals surface area contributed by atoms with Crippen LogP contribution in [0.5, 0.6) is 0 Å². The zero-order valence-corrected chi connectivity index (χ0v) is 17.6. The first-order valence-electron chi connectivity index (χ1n) is 10.1. The Morgan fingerprint density at radius 2 is 1.21 bits per heavy atom. The molecule has 4 heteroatoms. The standard InChI is InChI=1S/C20H41O3P/c1-5-8-15-24(16-9-6-2,17-10-7-3)18-11-14-23-20(22)13-12-19(4)21/h24H,5-18H2,1-4H3. The number of hydrogen-bond donors (Lipinski definition) is 0. The molecule has 0 bridgehead atoms. The Bertz CT molecular complexity index is 320. The van der Waals surface area contributed by atoms with Crippen LogP contribution in [-0.4, -0.2) is 43.0 Å². The van der Waals surface area contributed by atoms with Crippen molar-refractivity contribution >= 4 is 19.0 Å². The van der Waals surface area contributed by atoms with Crippen LogP contribution in [0.2, 0.25) is 0 Å². The number of Topliss-reactive ketones (excluding diaryl/α,β-unsaturated/α-hetero) is 1. The third-order valence-corrected chi connectivity index (χ3v) is 10.6. The summed E-state index contributed by atoms with van der Waals surface area (Å²) in [7, 11) is -1.21. The van der Waals surface area contributed by atoms with Gasteiger partial charge >= 0.3 is 150 Å². The predicted octanol–water partition coefficient (Wildman–Crippen LogP) is 5.44. The number of ether oxygens (including phenoxy) is 1. The van der Waals surface area contributed by atoms with Crippen molar-refractivity contribution in [1.82, 2.24) is 0 Å². The Kier molecular flexibility index (Phi) is 14.6. The first kappa shape index (κ1) is 23.6. The Morgan fingerprint density at radius 3 is 1.62 bits per heavy atom. The van der Waals surface area contributed by atoms with Crippen molar-refractivity contribution in [2.45, 2.75) is 85.5 Å². The average Bonchev–Trinajstić information content (AvgIpc) is 2.57. The van der Waals surface area contributed by atoms with Crippen LogP contribution in [0, 0.1) is 0 Å². The van der Waals surface area contributed by atoms with Crippen LogP contribution >= 0.6 is 7.26 Å². The van der Waals surface area contributed by atoms with Gasteiger partial charge in [0.2, 0.25) is 0 Å². The molecule has 0 unspecified atom stereocenters. The van der Waals surface area contributed by atoms with Gasteiger partial charge in [0.15, 0.2) is 0 Å². The number of ketones is 1. The van der Waals surface area contributed by atoms with Gasteiger partial charge in [-0.3, -0.25) is 0 Å². The molecule has 24 heavy (non-hydrogen) atoms. The molecule has 0 spiro atoms. The predicted molar refractivity (Wildman–Crippen MR) is 108 cm³/mol. The second-order valence-electron chi connectivity index (χ2n) is 7.34. The third-order valence-electron chi connectivity index (χ3n) is 4.98. The van der Waals surface area contributed by atoms with Crippen LogP contribution in [0.15, 0.2) is 0 Å². The normalized spacial score (nSPS) is 12.2. The SMILES string of the molecule is CCCC[PH](CCCC)(CCCC)CCCOC(=O)CCC(C)=O. The summed E-state index contributed by atoms with van der Waals surface area (Å²) in [6.07, 6.45) is 15.1. The molecule has 0 aromatic heterocycles. The average molecular weight is 361 g/mol. The molecule has 0 rings (SSSR count). The monoisotopic (exact) mass is 360 g/mol. The molecule has 0 heterocycles. The van der Waals surface area contributed by atoms with Crippen molar-refractivity contribution in [2.24, 2.45) is 0 Å². The molecular weight excluding hydrogens is 319 g/mol. The molecule has 0 fully saturated rings. The maximum absolute atomic E-state index is 11.6. The van der Waals surface area contributed by atoms with E-state index >= 15 is 0 Å². The number of unbranched alkanes of at least 4 members (excludes halogenated alkanes) is 3. The molecule has 0 aliphatic rings. The molecule has 0 radical (unpaired) electrons. The van der Waals surface area contributed by atoms with E-state index in [1.165, 1.54) is 70.1 Å². The summed E-state index contributed by atoms with van der Waals surface area (Å²) in [5, 5.41) is 0. The van der Waals surface area contributed by atoms with E-state index in [4.69, 9.17) is 4.74 Å². The Balaban J connectivity index is 4.39. The summed E-state index contributed by atoms with van der Waals surface area (Å²) in [5.74, 6) is -0.162. The van der Waals surface area contributed by atoms with Crippen LogP contribution in [0.3, 0.4) is 0 Å². The van der Waals surface area contributed by atoms with Gasteiger partial charge in [-0.2, -0.15) is 0 Å². The molecule has 3 nitrogen and oxygen atoms in total. The molecule has 0 amide bonds. The van der Waals surface area contributed by atoms with E-state index in [-0.39, 0.29) is 18.2 Å². The van der Waals surface area contributed by atoms with E-state index in [9.17, 15) is 9.59 Å². The number of esters is 1. The van der Waals surface area contributed by atoms with Crippen molar-refractivity contribution in [3.8, 4) is 0 Å². The van der Waals surface area contributed by atoms with Crippen LogP contribution < -0.4 is 0 Å². The minimum absolute atomic E-state index is 0.0528. The van der Waals surface area contributed by atoms with Gasteiger partial charge in [0.25, 0.3) is 0 Å². The number of hydrogen-bond acceptors (Lipinski definition) is 3. The van der Waals surface area contributed by atoms with Crippen LogP contribution in [0.25, 0.3) is 0 Å². The van der Waals surface area contributed by atoms with Gasteiger partial charge in [0.1, 0.15) is 0 Å². The summed E-state index contributed by atoms with van der Waals surface area (Å²) in [5.41, 5.74) is 0. The molecule has 0 aliphatic carbocycles. The van der Waals surface area contributed by atoms with Crippen molar-refractivity contribution < 1.29 is 14.3 Å². The van der Waals surface area contributed by atoms with Crippen molar-refractivity contribution in [3.63, 3.8) is 0 Å². The molecule has 0 saturated heterocycles. The fraction of sp³-hybridized carbons (Fsp3) is 0.900. The molecule has 0 aromatic rings. The van der Waals surface area contributed by atoms with Crippen molar-refractivity contribution in [1.29, 1.82) is 0 Å². The van der Waals surface area contributed by atoms with E-state index in [0.717, 1.165) is 6.42 Å². The van der Waals surface area contributed by atoms with E-state index in [0.29, 0.717) is 13.0 Å². The van der Waals surface area contributed by atoms with Crippen LogP contribution in [-0.2, 0) is 14.3 Å². The summed E-state index contributed by atoms with van der Waals surface area (Å²) >= 11 is 0. The van der Waals surface area contributed by atoms with Gasteiger partial charge in [-0.1, -0.05) is 0 Å². The number of carbonyl (C=O) groups is 2. The number of carbonyl (C=O) groups excluding carboxylic acids is 2. The van der Waals surface area contributed by atoms with Gasteiger partial charge in [-0.15, -0.1) is 0 Å². The Morgan fingerprint density at radius 1 is 0.750 bits per heavy atom. The minimum atomic E-state index is -1.21. The second-order valence-corrected chi connectivity index (χ2v) is 12.3. The fourth-order valence-electron chi connectivity index (χ4n) is 3.39. The Labute approximate surface area is 150 Å². The fourth-order valence-corrected chi connectivity index (χ4v) is 9.09. The molecule has 0 atom stereocenters. The molecule has 0 aliphatic heterocycles. The first-order valence-corrected chi connectivity index (χ1v) is 13.0. The van der Waals surface area contributed by atoms with E-state index in [1.54, 1.807) is 0 Å². The summed E-state index contributed by atoms with van der Waals surface area (Å²) < 4.78 is 5.33. The van der Waals surface area contributed by atoms with Gasteiger partial charge < -0.3 is 0 Å².